The monoisotopic (exact) mass is 334 g/mol. The van der Waals surface area contributed by atoms with E-state index in [-0.39, 0.29) is 0 Å². The van der Waals surface area contributed by atoms with Crippen LogP contribution in [0.1, 0.15) is 6.42 Å². The van der Waals surface area contributed by atoms with Gasteiger partial charge in [-0.3, -0.25) is 0 Å². The molecule has 2 aromatic rings. The first-order chi connectivity index (χ1) is 10.6. The van der Waals surface area contributed by atoms with Gasteiger partial charge < -0.3 is 14.9 Å². The highest BCUT2D eigenvalue weighted by molar-refractivity contribution is 7.99. The summed E-state index contributed by atoms with van der Waals surface area (Å²) in [6.45, 7) is 1.91. The molecular weight excluding hydrogens is 316 g/mol. The predicted octanol–water partition coefficient (Wildman–Crippen LogP) is 4.60. The largest absolute Gasteiger partial charge is 0.507 e. The van der Waals surface area contributed by atoms with Gasteiger partial charge in [-0.15, -0.1) is 0 Å². The Bertz CT molecular complexity index is 688. The van der Waals surface area contributed by atoms with Crippen molar-refractivity contribution in [1.82, 2.24) is 4.90 Å². The minimum atomic E-state index is 0.334. The number of hydrogen-bond donors (Lipinski definition) is 1. The second kappa shape index (κ2) is 6.41. The van der Waals surface area contributed by atoms with Crippen LogP contribution in [-0.2, 0) is 0 Å². The summed E-state index contributed by atoms with van der Waals surface area (Å²) < 4.78 is 0. The Labute approximate surface area is 140 Å². The summed E-state index contributed by atoms with van der Waals surface area (Å²) in [6.07, 6.45) is 1.04. The van der Waals surface area contributed by atoms with Crippen LogP contribution in [-0.4, -0.2) is 37.2 Å². The van der Waals surface area contributed by atoms with E-state index in [0.29, 0.717) is 5.75 Å². The second-order valence-electron chi connectivity index (χ2n) is 5.65. The van der Waals surface area contributed by atoms with Gasteiger partial charge in [0.25, 0.3) is 0 Å². The molecule has 1 heterocycles. The van der Waals surface area contributed by atoms with Crippen molar-refractivity contribution in [1.29, 1.82) is 0 Å². The van der Waals surface area contributed by atoms with Gasteiger partial charge in [0.15, 0.2) is 0 Å². The quantitative estimate of drug-likeness (QED) is 0.884. The van der Waals surface area contributed by atoms with Gasteiger partial charge in [-0.1, -0.05) is 29.4 Å². The summed E-state index contributed by atoms with van der Waals surface area (Å²) in [7, 11) is 4.16. The van der Waals surface area contributed by atoms with Gasteiger partial charge in [-0.05, 0) is 57.4 Å². The van der Waals surface area contributed by atoms with Crippen molar-refractivity contribution in [3.8, 4) is 5.75 Å². The van der Waals surface area contributed by atoms with Crippen molar-refractivity contribution in [3.05, 3.63) is 41.4 Å². The van der Waals surface area contributed by atoms with Crippen molar-refractivity contribution in [2.75, 3.05) is 32.1 Å². The number of phenolic OH excluding ortho intramolecular Hbond substituents is 1. The summed E-state index contributed by atoms with van der Waals surface area (Å²) in [5.74, 6) is 0.334. The topological polar surface area (TPSA) is 26.7 Å². The van der Waals surface area contributed by atoms with Gasteiger partial charge in [0.1, 0.15) is 5.75 Å². The standard InChI is InChI=1S/C17H19ClN2OS/c1-19(2)9-4-10-20-13-5-3-6-15(21)17(13)22-16-8-7-12(18)11-14(16)20/h3,5-8,11,21H,4,9-10H2,1-2H3. The molecule has 0 unspecified atom stereocenters. The van der Waals surface area contributed by atoms with Crippen molar-refractivity contribution in [2.24, 2.45) is 0 Å². The number of fused-ring (bicyclic) bond motifs is 2. The molecule has 1 N–H and O–H groups in total. The Kier molecular flexibility index (Phi) is 4.52. The van der Waals surface area contributed by atoms with Crippen LogP contribution in [0.5, 0.6) is 5.75 Å². The number of hydrogen-bond acceptors (Lipinski definition) is 4. The lowest BCUT2D eigenvalue weighted by molar-refractivity contribution is 0.402. The molecule has 1 aliphatic rings. The first-order valence-corrected chi connectivity index (χ1v) is 8.47. The van der Waals surface area contributed by atoms with Gasteiger partial charge in [0.05, 0.1) is 16.3 Å². The third-order valence-electron chi connectivity index (χ3n) is 3.68. The highest BCUT2D eigenvalue weighted by Gasteiger charge is 2.25. The zero-order valence-electron chi connectivity index (χ0n) is 12.7. The molecule has 0 radical (unpaired) electrons. The fourth-order valence-electron chi connectivity index (χ4n) is 2.64. The second-order valence-corrected chi connectivity index (χ2v) is 7.14. The van der Waals surface area contributed by atoms with E-state index < -0.39 is 0 Å². The number of rotatable bonds is 4. The normalized spacial score (nSPS) is 13.2. The molecule has 0 fully saturated rings. The van der Waals surface area contributed by atoms with Crippen LogP contribution in [0.25, 0.3) is 0 Å². The number of nitrogens with zero attached hydrogens (tertiary/aromatic N) is 2. The lowest BCUT2D eigenvalue weighted by Crippen LogP contribution is -2.25. The fraction of sp³-hybridized carbons (Fsp3) is 0.294. The molecule has 22 heavy (non-hydrogen) atoms. The maximum Gasteiger partial charge on any atom is 0.131 e. The molecule has 0 amide bonds. The molecule has 0 bridgehead atoms. The number of anilines is 2. The summed E-state index contributed by atoms with van der Waals surface area (Å²) in [5, 5.41) is 10.9. The third kappa shape index (κ3) is 3.05. The molecule has 0 spiro atoms. The number of aromatic hydroxyl groups is 1. The molecule has 2 aromatic carbocycles. The minimum Gasteiger partial charge on any atom is -0.507 e. The van der Waals surface area contributed by atoms with Gasteiger partial charge >= 0.3 is 0 Å². The van der Waals surface area contributed by atoms with E-state index in [1.165, 1.54) is 0 Å². The molecule has 3 nitrogen and oxygen atoms in total. The van der Waals surface area contributed by atoms with Crippen LogP contribution in [0.2, 0.25) is 5.02 Å². The van der Waals surface area contributed by atoms with Crippen molar-refractivity contribution < 1.29 is 5.11 Å². The summed E-state index contributed by atoms with van der Waals surface area (Å²) in [6, 6.07) is 11.6. The smallest absolute Gasteiger partial charge is 0.131 e. The van der Waals surface area contributed by atoms with Crippen molar-refractivity contribution >= 4 is 34.7 Å². The van der Waals surface area contributed by atoms with E-state index in [2.05, 4.69) is 30.0 Å². The van der Waals surface area contributed by atoms with Crippen LogP contribution in [0.3, 0.4) is 0 Å². The van der Waals surface area contributed by atoms with Crippen LogP contribution >= 0.6 is 23.4 Å². The summed E-state index contributed by atoms with van der Waals surface area (Å²) >= 11 is 7.79. The zero-order valence-corrected chi connectivity index (χ0v) is 14.3. The zero-order chi connectivity index (χ0) is 15.7. The molecule has 3 rings (SSSR count). The molecule has 0 saturated carbocycles. The summed E-state index contributed by atoms with van der Waals surface area (Å²) in [5.41, 5.74) is 2.17. The van der Waals surface area contributed by atoms with E-state index in [0.717, 1.165) is 45.7 Å². The Morgan fingerprint density at radius 1 is 1.18 bits per heavy atom. The third-order valence-corrected chi connectivity index (χ3v) is 5.10. The van der Waals surface area contributed by atoms with Gasteiger partial charge in [-0.25, -0.2) is 0 Å². The van der Waals surface area contributed by atoms with E-state index in [9.17, 15) is 5.11 Å². The van der Waals surface area contributed by atoms with Crippen molar-refractivity contribution in [3.63, 3.8) is 0 Å². The lowest BCUT2D eigenvalue weighted by Gasteiger charge is -2.33. The molecule has 116 valence electrons. The van der Waals surface area contributed by atoms with Gasteiger partial charge in [-0.2, -0.15) is 0 Å². The highest BCUT2D eigenvalue weighted by atomic mass is 35.5. The highest BCUT2D eigenvalue weighted by Crippen LogP contribution is 2.51. The van der Waals surface area contributed by atoms with Crippen LogP contribution in [0, 0.1) is 0 Å². The molecule has 0 saturated heterocycles. The number of benzene rings is 2. The van der Waals surface area contributed by atoms with E-state index >= 15 is 0 Å². The maximum absolute atomic E-state index is 10.2. The first kappa shape index (κ1) is 15.5. The number of halogens is 1. The maximum atomic E-state index is 10.2. The first-order valence-electron chi connectivity index (χ1n) is 7.28. The van der Waals surface area contributed by atoms with Gasteiger partial charge in [0.2, 0.25) is 0 Å². The summed E-state index contributed by atoms with van der Waals surface area (Å²) in [4.78, 5) is 6.49. The van der Waals surface area contributed by atoms with E-state index in [4.69, 9.17) is 11.6 Å². The Morgan fingerprint density at radius 2 is 2.00 bits per heavy atom. The Balaban J connectivity index is 1.99. The fourth-order valence-corrected chi connectivity index (χ4v) is 3.90. The van der Waals surface area contributed by atoms with E-state index in [1.54, 1.807) is 17.8 Å². The van der Waals surface area contributed by atoms with Crippen LogP contribution < -0.4 is 4.90 Å². The minimum absolute atomic E-state index is 0.334. The average Bonchev–Trinajstić information content (AvgIpc) is 2.47. The molecule has 5 heteroatoms. The SMILES string of the molecule is CN(C)CCCN1c2cc(Cl)ccc2Sc2c(O)cccc21. The molecule has 0 aromatic heterocycles. The van der Waals surface area contributed by atoms with Gasteiger partial charge in [0, 0.05) is 16.5 Å². The molecule has 0 aliphatic carbocycles. The van der Waals surface area contributed by atoms with Crippen LogP contribution in [0.4, 0.5) is 11.4 Å². The number of phenols is 1. The van der Waals surface area contributed by atoms with Crippen molar-refractivity contribution in [2.45, 2.75) is 16.2 Å². The molecular formula is C17H19ClN2OS. The van der Waals surface area contributed by atoms with E-state index in [1.807, 2.05) is 24.3 Å². The average molecular weight is 335 g/mol. The molecule has 1 aliphatic heterocycles. The predicted molar refractivity (Wildman–Crippen MR) is 93.9 cm³/mol. The Hall–Kier alpha value is -1.36. The van der Waals surface area contributed by atoms with Crippen LogP contribution in [0.15, 0.2) is 46.2 Å². The Morgan fingerprint density at radius 3 is 2.77 bits per heavy atom. The lowest BCUT2D eigenvalue weighted by atomic mass is 10.2. The molecule has 0 atom stereocenters.